The number of fused-ring (bicyclic) bond motifs is 5. The van der Waals surface area contributed by atoms with E-state index in [-0.39, 0.29) is 0 Å². The van der Waals surface area contributed by atoms with Gasteiger partial charge in [0.2, 0.25) is 0 Å². The topological polar surface area (TPSA) is 56.0 Å². The van der Waals surface area contributed by atoms with Gasteiger partial charge in [-0.25, -0.2) is 0 Å². The van der Waals surface area contributed by atoms with Gasteiger partial charge in [0.25, 0.3) is 0 Å². The zero-order chi connectivity index (χ0) is 20.9. The molecule has 4 aliphatic carbocycles. The van der Waals surface area contributed by atoms with E-state index in [2.05, 4.69) is 25.2 Å². The van der Waals surface area contributed by atoms with Crippen molar-refractivity contribution >= 4 is 5.69 Å². The van der Waals surface area contributed by atoms with Gasteiger partial charge in [-0.3, -0.25) is 0 Å². The third kappa shape index (κ3) is 3.46. The monoisotopic (exact) mass is 406 g/mol. The molecule has 30 heavy (non-hydrogen) atoms. The van der Waals surface area contributed by atoms with E-state index in [0.29, 0.717) is 5.41 Å². The molecule has 0 heterocycles. The third-order valence-electron chi connectivity index (χ3n) is 10.00. The fourth-order valence-corrected chi connectivity index (χ4v) is 8.43. The predicted octanol–water partition coefficient (Wildman–Crippen LogP) is 5.99. The molecule has 0 aliphatic heterocycles. The van der Waals surface area contributed by atoms with Crippen molar-refractivity contribution in [3.63, 3.8) is 0 Å². The van der Waals surface area contributed by atoms with Crippen LogP contribution in [0.5, 0.6) is 0 Å². The molecule has 1 aromatic carbocycles. The van der Waals surface area contributed by atoms with E-state index in [1.54, 1.807) is 0 Å². The molecule has 4 fully saturated rings. The summed E-state index contributed by atoms with van der Waals surface area (Å²) in [5, 5.41) is 23.3. The highest BCUT2D eigenvalue weighted by Gasteiger charge is 2.57. The van der Waals surface area contributed by atoms with E-state index in [9.17, 15) is 5.11 Å². The van der Waals surface area contributed by atoms with Crippen LogP contribution in [0.1, 0.15) is 77.2 Å². The van der Waals surface area contributed by atoms with Gasteiger partial charge in [0.15, 0.2) is 0 Å². The first-order valence-electron chi connectivity index (χ1n) is 12.4. The maximum Gasteiger partial charge on any atom is 0.0991 e. The fourth-order valence-electron chi connectivity index (χ4n) is 8.43. The average molecular weight is 407 g/mol. The summed E-state index contributed by atoms with van der Waals surface area (Å²) < 4.78 is 0. The van der Waals surface area contributed by atoms with E-state index in [1.807, 2.05) is 24.3 Å². The summed E-state index contributed by atoms with van der Waals surface area (Å²) in [5.41, 5.74) is 1.94. The zero-order valence-corrected chi connectivity index (χ0v) is 18.7. The fraction of sp³-hybridized carbons (Fsp3) is 0.741. The minimum atomic E-state index is -0.410. The van der Waals surface area contributed by atoms with E-state index in [1.165, 1.54) is 44.9 Å². The second-order valence-corrected chi connectivity index (χ2v) is 11.6. The number of hydrogen-bond acceptors (Lipinski definition) is 3. The molecule has 162 valence electrons. The van der Waals surface area contributed by atoms with Crippen LogP contribution in [0.4, 0.5) is 5.69 Å². The number of nitrogens with one attached hydrogen (secondary N) is 1. The van der Waals surface area contributed by atoms with Crippen LogP contribution in [0.15, 0.2) is 24.3 Å². The summed E-state index contributed by atoms with van der Waals surface area (Å²) in [5.74, 6) is 5.14. The standard InChI is InChI=1S/C27H38N2O/c1-26(30)13-11-22-19(15-26)5-9-24-23(22)12-14-27(2)20(6-10-25(24)27)17-29-21-7-3-18(16-28)4-8-21/h3-4,7-8,19-20,22-25,29-30H,5-6,9-15,17H2,1-2H3/t19-,20-,22+,23-,24-,25+,26-,27-/m1/s1. The predicted molar refractivity (Wildman–Crippen MR) is 121 cm³/mol. The van der Waals surface area contributed by atoms with Crippen molar-refractivity contribution in [2.75, 3.05) is 11.9 Å². The van der Waals surface area contributed by atoms with Crippen molar-refractivity contribution in [2.24, 2.45) is 40.9 Å². The van der Waals surface area contributed by atoms with Crippen molar-refractivity contribution in [3.8, 4) is 6.07 Å². The second-order valence-electron chi connectivity index (χ2n) is 11.6. The Morgan fingerprint density at radius 2 is 1.73 bits per heavy atom. The highest BCUT2D eigenvalue weighted by Crippen LogP contribution is 2.64. The molecule has 0 spiro atoms. The Kier molecular flexibility index (Phi) is 5.13. The lowest BCUT2D eigenvalue weighted by Crippen LogP contribution is -2.50. The van der Waals surface area contributed by atoms with E-state index in [4.69, 9.17) is 5.26 Å². The quantitative estimate of drug-likeness (QED) is 0.648. The number of anilines is 1. The first-order chi connectivity index (χ1) is 14.4. The number of hydrogen-bond donors (Lipinski definition) is 2. The number of rotatable bonds is 3. The molecular formula is C27H38N2O. The molecular weight excluding hydrogens is 368 g/mol. The Hall–Kier alpha value is -1.53. The number of nitriles is 1. The maximum absolute atomic E-state index is 10.6. The van der Waals surface area contributed by atoms with E-state index in [0.717, 1.165) is 66.1 Å². The molecule has 0 aromatic heterocycles. The van der Waals surface area contributed by atoms with Crippen molar-refractivity contribution < 1.29 is 5.11 Å². The highest BCUT2D eigenvalue weighted by molar-refractivity contribution is 5.47. The molecule has 2 N–H and O–H groups in total. The molecule has 3 nitrogen and oxygen atoms in total. The van der Waals surface area contributed by atoms with Gasteiger partial charge in [-0.15, -0.1) is 0 Å². The molecule has 0 saturated heterocycles. The maximum atomic E-state index is 10.6. The second kappa shape index (κ2) is 7.56. The summed E-state index contributed by atoms with van der Waals surface area (Å²) >= 11 is 0. The van der Waals surface area contributed by atoms with Gasteiger partial charge in [0.05, 0.1) is 17.2 Å². The Morgan fingerprint density at radius 1 is 0.967 bits per heavy atom. The molecule has 0 unspecified atom stereocenters. The normalized spacial score (nSPS) is 45.0. The SMILES string of the molecule is C[C@@]1(O)CC[C@H]2[C@H](CC[C@@H]3[C@@H]2CC[C@]2(C)[C@@H](CNc4ccc(C#N)cc4)CC[C@@H]32)C1. The Balaban J connectivity index is 1.25. The van der Waals surface area contributed by atoms with Crippen molar-refractivity contribution in [2.45, 2.75) is 77.2 Å². The van der Waals surface area contributed by atoms with Crippen molar-refractivity contribution in [1.29, 1.82) is 5.26 Å². The largest absolute Gasteiger partial charge is 0.390 e. The summed E-state index contributed by atoms with van der Waals surface area (Å²) in [4.78, 5) is 0. The molecule has 4 saturated carbocycles. The van der Waals surface area contributed by atoms with Crippen LogP contribution in [-0.2, 0) is 0 Å². The molecule has 4 aliphatic rings. The number of aliphatic hydroxyl groups is 1. The summed E-state index contributed by atoms with van der Waals surface area (Å²) in [7, 11) is 0. The highest BCUT2D eigenvalue weighted by atomic mass is 16.3. The minimum Gasteiger partial charge on any atom is -0.390 e. The van der Waals surface area contributed by atoms with Gasteiger partial charge in [0.1, 0.15) is 0 Å². The minimum absolute atomic E-state index is 0.410. The smallest absolute Gasteiger partial charge is 0.0991 e. The Morgan fingerprint density at radius 3 is 2.50 bits per heavy atom. The summed E-state index contributed by atoms with van der Waals surface area (Å²) in [6.07, 6.45) is 11.6. The van der Waals surface area contributed by atoms with Crippen LogP contribution >= 0.6 is 0 Å². The van der Waals surface area contributed by atoms with Crippen LogP contribution in [0, 0.1) is 52.3 Å². The van der Waals surface area contributed by atoms with Crippen LogP contribution in [0.2, 0.25) is 0 Å². The van der Waals surface area contributed by atoms with E-state index < -0.39 is 5.60 Å². The van der Waals surface area contributed by atoms with Crippen molar-refractivity contribution in [1.82, 2.24) is 0 Å². The van der Waals surface area contributed by atoms with Gasteiger partial charge in [-0.05, 0) is 130 Å². The number of benzene rings is 1. The van der Waals surface area contributed by atoms with Crippen LogP contribution in [-0.4, -0.2) is 17.3 Å². The van der Waals surface area contributed by atoms with Crippen LogP contribution in [0.25, 0.3) is 0 Å². The molecule has 1 aromatic rings. The average Bonchev–Trinajstić information content (AvgIpc) is 3.08. The lowest BCUT2D eigenvalue weighted by Gasteiger charge is -2.57. The van der Waals surface area contributed by atoms with Gasteiger partial charge in [-0.2, -0.15) is 5.26 Å². The van der Waals surface area contributed by atoms with Gasteiger partial charge < -0.3 is 10.4 Å². The summed E-state index contributed by atoms with van der Waals surface area (Å²) in [6, 6.07) is 10.1. The Labute approximate surface area is 182 Å². The zero-order valence-electron chi connectivity index (χ0n) is 18.7. The molecule has 3 heteroatoms. The summed E-state index contributed by atoms with van der Waals surface area (Å²) in [6.45, 7) is 5.73. The van der Waals surface area contributed by atoms with Gasteiger partial charge in [0, 0.05) is 12.2 Å². The number of nitrogens with zero attached hydrogens (tertiary/aromatic N) is 1. The Bertz CT molecular complexity index is 809. The van der Waals surface area contributed by atoms with Crippen LogP contribution in [0.3, 0.4) is 0 Å². The third-order valence-corrected chi connectivity index (χ3v) is 10.00. The molecule has 8 atom stereocenters. The first kappa shape index (κ1) is 20.4. The van der Waals surface area contributed by atoms with Gasteiger partial charge in [-0.1, -0.05) is 6.92 Å². The van der Waals surface area contributed by atoms with E-state index >= 15 is 0 Å². The molecule has 0 amide bonds. The molecule has 5 rings (SSSR count). The van der Waals surface area contributed by atoms with Gasteiger partial charge >= 0.3 is 0 Å². The lowest BCUT2D eigenvalue weighted by atomic mass is 9.49. The molecule has 0 radical (unpaired) electrons. The van der Waals surface area contributed by atoms with Crippen LogP contribution < -0.4 is 5.32 Å². The molecule has 0 bridgehead atoms. The first-order valence-corrected chi connectivity index (χ1v) is 12.4. The van der Waals surface area contributed by atoms with Crippen molar-refractivity contribution in [3.05, 3.63) is 29.8 Å². The lowest BCUT2D eigenvalue weighted by molar-refractivity contribution is -0.0988.